The number of hydrogen-bond acceptors (Lipinski definition) is 2. The fraction of sp³-hybridized carbons (Fsp3) is 0.250. The molecule has 0 unspecified atom stereocenters. The lowest BCUT2D eigenvalue weighted by Crippen LogP contribution is -2.12. The highest BCUT2D eigenvalue weighted by Crippen LogP contribution is 2.23. The van der Waals surface area contributed by atoms with Gasteiger partial charge < -0.3 is 10.1 Å². The molecule has 100 valence electrons. The number of para-hydroxylation sites is 2. The summed E-state index contributed by atoms with van der Waals surface area (Å²) in [5.74, 6) is 0.975. The van der Waals surface area contributed by atoms with Crippen LogP contribution in [0.3, 0.4) is 0 Å². The molecule has 2 nitrogen and oxygen atoms in total. The van der Waals surface area contributed by atoms with Crippen molar-refractivity contribution in [3.05, 3.63) is 58.6 Å². The van der Waals surface area contributed by atoms with Crippen LogP contribution in [0.25, 0.3) is 0 Å². The van der Waals surface area contributed by atoms with Crippen molar-refractivity contribution in [3.63, 3.8) is 0 Å². The molecule has 0 fully saturated rings. The van der Waals surface area contributed by atoms with Gasteiger partial charge in [0.2, 0.25) is 0 Å². The van der Waals surface area contributed by atoms with Gasteiger partial charge in [0.05, 0.1) is 10.7 Å². The highest BCUT2D eigenvalue weighted by atomic mass is 35.5. The van der Waals surface area contributed by atoms with Crippen LogP contribution in [-0.4, -0.2) is 13.2 Å². The van der Waals surface area contributed by atoms with Gasteiger partial charge >= 0.3 is 0 Å². The standard InChI is InChI=1S/C16H18ClNO/c1-12-6-5-7-13(2)16(12)19-11-10-18-15-9-4-3-8-14(15)17/h3-9,18H,10-11H2,1-2H3. The number of halogens is 1. The fourth-order valence-electron chi connectivity index (χ4n) is 1.97. The summed E-state index contributed by atoms with van der Waals surface area (Å²) in [6.07, 6.45) is 0. The van der Waals surface area contributed by atoms with Crippen molar-refractivity contribution in [2.24, 2.45) is 0 Å². The van der Waals surface area contributed by atoms with E-state index < -0.39 is 0 Å². The summed E-state index contributed by atoms with van der Waals surface area (Å²) in [7, 11) is 0. The summed E-state index contributed by atoms with van der Waals surface area (Å²) in [6, 6.07) is 13.9. The van der Waals surface area contributed by atoms with Crippen LogP contribution in [0, 0.1) is 13.8 Å². The molecule has 1 N–H and O–H groups in total. The van der Waals surface area contributed by atoms with Gasteiger partial charge in [0.15, 0.2) is 0 Å². The number of benzene rings is 2. The molecule has 2 rings (SSSR count). The first-order valence-electron chi connectivity index (χ1n) is 6.36. The summed E-state index contributed by atoms with van der Waals surface area (Å²) in [6.45, 7) is 5.45. The molecular weight excluding hydrogens is 258 g/mol. The quantitative estimate of drug-likeness (QED) is 0.814. The summed E-state index contributed by atoms with van der Waals surface area (Å²) < 4.78 is 5.82. The van der Waals surface area contributed by atoms with Crippen LogP contribution >= 0.6 is 11.6 Å². The number of ether oxygens (including phenoxy) is 1. The molecular formula is C16H18ClNO. The molecule has 19 heavy (non-hydrogen) atoms. The minimum Gasteiger partial charge on any atom is -0.491 e. The molecule has 2 aromatic rings. The van der Waals surface area contributed by atoms with Crippen molar-refractivity contribution in [2.45, 2.75) is 13.8 Å². The molecule has 0 aliphatic heterocycles. The van der Waals surface area contributed by atoms with Crippen LogP contribution < -0.4 is 10.1 Å². The molecule has 2 aromatic carbocycles. The molecule has 0 amide bonds. The van der Waals surface area contributed by atoms with Crippen molar-refractivity contribution >= 4 is 17.3 Å². The molecule has 0 aliphatic carbocycles. The third-order valence-corrected chi connectivity index (χ3v) is 3.28. The van der Waals surface area contributed by atoms with Gasteiger partial charge in [0.25, 0.3) is 0 Å². The Morgan fingerprint density at radius 1 is 1.00 bits per heavy atom. The van der Waals surface area contributed by atoms with E-state index in [9.17, 15) is 0 Å². The van der Waals surface area contributed by atoms with Crippen LogP contribution in [0.15, 0.2) is 42.5 Å². The lowest BCUT2D eigenvalue weighted by molar-refractivity contribution is 0.328. The number of hydrogen-bond donors (Lipinski definition) is 1. The summed E-state index contributed by atoms with van der Waals surface area (Å²) >= 11 is 6.07. The third-order valence-electron chi connectivity index (χ3n) is 2.95. The van der Waals surface area contributed by atoms with Gasteiger partial charge in [-0.15, -0.1) is 0 Å². The Bertz CT molecular complexity index is 534. The average molecular weight is 276 g/mol. The predicted molar refractivity (Wildman–Crippen MR) is 81.4 cm³/mol. The summed E-state index contributed by atoms with van der Waals surface area (Å²) in [5, 5.41) is 4.00. The Kier molecular flexibility index (Phi) is 4.69. The maximum Gasteiger partial charge on any atom is 0.125 e. The van der Waals surface area contributed by atoms with Crippen molar-refractivity contribution in [3.8, 4) is 5.75 Å². The Labute approximate surface area is 119 Å². The Balaban J connectivity index is 1.86. The molecule has 0 aliphatic rings. The lowest BCUT2D eigenvalue weighted by atomic mass is 10.1. The first-order valence-corrected chi connectivity index (χ1v) is 6.73. The Hall–Kier alpha value is -1.67. The van der Waals surface area contributed by atoms with Gasteiger partial charge in [-0.25, -0.2) is 0 Å². The van der Waals surface area contributed by atoms with Crippen molar-refractivity contribution < 1.29 is 4.74 Å². The number of nitrogens with one attached hydrogen (secondary N) is 1. The minimum atomic E-state index is 0.608. The van der Waals surface area contributed by atoms with Gasteiger partial charge in [-0.3, -0.25) is 0 Å². The zero-order valence-electron chi connectivity index (χ0n) is 11.2. The van der Waals surface area contributed by atoms with Crippen molar-refractivity contribution in [1.82, 2.24) is 0 Å². The second kappa shape index (κ2) is 6.48. The Morgan fingerprint density at radius 2 is 1.68 bits per heavy atom. The SMILES string of the molecule is Cc1cccc(C)c1OCCNc1ccccc1Cl. The number of aryl methyl sites for hydroxylation is 2. The highest BCUT2D eigenvalue weighted by molar-refractivity contribution is 6.33. The molecule has 0 spiro atoms. The molecule has 0 heterocycles. The second-order valence-corrected chi connectivity index (χ2v) is 4.88. The summed E-state index contributed by atoms with van der Waals surface area (Å²) in [5.41, 5.74) is 3.27. The molecule has 0 saturated heterocycles. The molecule has 0 atom stereocenters. The minimum absolute atomic E-state index is 0.608. The topological polar surface area (TPSA) is 21.3 Å². The van der Waals surface area contributed by atoms with E-state index in [1.807, 2.05) is 30.3 Å². The van der Waals surface area contributed by atoms with E-state index in [4.69, 9.17) is 16.3 Å². The van der Waals surface area contributed by atoms with E-state index >= 15 is 0 Å². The normalized spacial score (nSPS) is 10.3. The van der Waals surface area contributed by atoms with E-state index in [0.717, 1.165) is 34.1 Å². The van der Waals surface area contributed by atoms with Crippen molar-refractivity contribution in [1.29, 1.82) is 0 Å². The maximum atomic E-state index is 6.07. The van der Waals surface area contributed by atoms with Gasteiger partial charge in [0.1, 0.15) is 12.4 Å². The van der Waals surface area contributed by atoms with E-state index in [0.29, 0.717) is 6.61 Å². The Morgan fingerprint density at radius 3 is 2.37 bits per heavy atom. The van der Waals surface area contributed by atoms with Gasteiger partial charge in [-0.1, -0.05) is 41.9 Å². The number of anilines is 1. The first-order chi connectivity index (χ1) is 9.18. The van der Waals surface area contributed by atoms with Crippen molar-refractivity contribution in [2.75, 3.05) is 18.5 Å². The monoisotopic (exact) mass is 275 g/mol. The van der Waals surface area contributed by atoms with Gasteiger partial charge in [-0.2, -0.15) is 0 Å². The van der Waals surface area contributed by atoms with E-state index in [2.05, 4.69) is 31.3 Å². The van der Waals surface area contributed by atoms with Crippen LogP contribution in [0.2, 0.25) is 5.02 Å². The van der Waals surface area contributed by atoms with E-state index in [1.165, 1.54) is 0 Å². The van der Waals surface area contributed by atoms with Crippen LogP contribution in [0.5, 0.6) is 5.75 Å². The molecule has 0 aromatic heterocycles. The van der Waals surface area contributed by atoms with Crippen LogP contribution in [-0.2, 0) is 0 Å². The highest BCUT2D eigenvalue weighted by Gasteiger charge is 2.03. The zero-order valence-corrected chi connectivity index (χ0v) is 12.0. The molecule has 0 bridgehead atoms. The number of rotatable bonds is 5. The largest absolute Gasteiger partial charge is 0.491 e. The third kappa shape index (κ3) is 3.65. The van der Waals surface area contributed by atoms with Crippen LogP contribution in [0.1, 0.15) is 11.1 Å². The lowest BCUT2D eigenvalue weighted by Gasteiger charge is -2.13. The van der Waals surface area contributed by atoms with Gasteiger partial charge in [0, 0.05) is 6.54 Å². The molecule has 0 saturated carbocycles. The first kappa shape index (κ1) is 13.8. The summed E-state index contributed by atoms with van der Waals surface area (Å²) in [4.78, 5) is 0. The van der Waals surface area contributed by atoms with E-state index in [-0.39, 0.29) is 0 Å². The van der Waals surface area contributed by atoms with Gasteiger partial charge in [-0.05, 0) is 37.1 Å². The predicted octanol–water partition coefficient (Wildman–Crippen LogP) is 4.45. The van der Waals surface area contributed by atoms with E-state index in [1.54, 1.807) is 0 Å². The maximum absolute atomic E-state index is 6.07. The smallest absolute Gasteiger partial charge is 0.125 e. The van der Waals surface area contributed by atoms with Crippen LogP contribution in [0.4, 0.5) is 5.69 Å². The zero-order chi connectivity index (χ0) is 13.7. The second-order valence-electron chi connectivity index (χ2n) is 4.48. The average Bonchev–Trinajstić information content (AvgIpc) is 2.39. The fourth-order valence-corrected chi connectivity index (χ4v) is 2.17. The molecule has 3 heteroatoms. The molecule has 0 radical (unpaired) electrons.